The number of hydrogen-bond donors (Lipinski definition) is 1. The summed E-state index contributed by atoms with van der Waals surface area (Å²) in [6.45, 7) is 13.9. The number of carbonyl (C=O) groups is 3. The number of anilines is 1. The van der Waals surface area contributed by atoms with E-state index in [-0.39, 0.29) is 41.5 Å². The highest BCUT2D eigenvalue weighted by Gasteiger charge is 2.46. The van der Waals surface area contributed by atoms with E-state index in [0.717, 1.165) is 33.9 Å². The second-order valence-corrected chi connectivity index (χ2v) is 17.0. The molecular weight excluding hydrogens is 795 g/mol. The van der Waals surface area contributed by atoms with Crippen LogP contribution < -0.4 is 23.8 Å². The molecule has 1 saturated heterocycles. The highest BCUT2D eigenvalue weighted by atomic mass is 33.1. The topological polar surface area (TPSA) is 153 Å². The quantitative estimate of drug-likeness (QED) is 0.0758. The molecule has 16 heteroatoms. The van der Waals surface area contributed by atoms with Crippen molar-refractivity contribution < 1.29 is 43.2 Å². The van der Waals surface area contributed by atoms with Crippen LogP contribution in [-0.4, -0.2) is 115 Å². The molecule has 3 aliphatic heterocycles. The number of pyridine rings is 1. The standard InChI is InChI=1S/C43H51N5O9S2/c1-7-27(2)24-46-16-15-44-32-22-37(35(53-5)20-30(32)40(46)49)55-17-11-8-12-18-56-38-23-33-31(21-36(38)54-6)41(50)47-25-28(3)19-34(47)42(51)48(33)43(52)57-26-29(4)58-59-39-13-9-10-14-45-39/h9-10,13-15,20-23,29,34,42,51H,2-3,7-8,11-12,16-19,24-26H2,1,4-6H3/t29-,34+,42+/m1/s1. The predicted molar refractivity (Wildman–Crippen MR) is 230 cm³/mol. The number of fused-ring (bicyclic) bond motifs is 3. The maximum atomic E-state index is 13.9. The lowest BCUT2D eigenvalue weighted by Crippen LogP contribution is -2.51. The van der Waals surface area contributed by atoms with Gasteiger partial charge in [0.2, 0.25) is 0 Å². The van der Waals surface area contributed by atoms with Gasteiger partial charge in [0.1, 0.15) is 11.6 Å². The zero-order chi connectivity index (χ0) is 42.1. The number of aliphatic hydroxyl groups excluding tert-OH is 1. The Morgan fingerprint density at radius 1 is 0.983 bits per heavy atom. The Hall–Kier alpha value is -5.19. The second kappa shape index (κ2) is 20.2. The number of aliphatic imine (C=N–C) groups is 1. The van der Waals surface area contributed by atoms with Crippen LogP contribution in [0.3, 0.4) is 0 Å². The van der Waals surface area contributed by atoms with Crippen molar-refractivity contribution in [2.75, 3.05) is 58.6 Å². The highest BCUT2D eigenvalue weighted by molar-refractivity contribution is 8.76. The first-order valence-corrected chi connectivity index (χ1v) is 21.8. The van der Waals surface area contributed by atoms with Gasteiger partial charge in [-0.1, -0.05) is 48.1 Å². The number of amides is 3. The number of carbonyl (C=O) groups excluding carboxylic acids is 3. The van der Waals surface area contributed by atoms with Gasteiger partial charge in [0.15, 0.2) is 29.2 Å². The van der Waals surface area contributed by atoms with Crippen molar-refractivity contribution in [2.45, 2.75) is 68.5 Å². The molecule has 0 unspecified atom stereocenters. The summed E-state index contributed by atoms with van der Waals surface area (Å²) >= 11 is 0. The van der Waals surface area contributed by atoms with Gasteiger partial charge in [0, 0.05) is 42.9 Å². The van der Waals surface area contributed by atoms with Crippen LogP contribution in [0.25, 0.3) is 0 Å². The van der Waals surface area contributed by atoms with E-state index in [2.05, 4.69) is 23.1 Å². The molecule has 0 bridgehead atoms. The fraction of sp³-hybridized carbons (Fsp3) is 0.419. The van der Waals surface area contributed by atoms with E-state index in [9.17, 15) is 19.5 Å². The Kier molecular flexibility index (Phi) is 14.8. The molecule has 1 fully saturated rings. The first-order valence-electron chi connectivity index (χ1n) is 19.6. The van der Waals surface area contributed by atoms with Gasteiger partial charge in [-0.3, -0.25) is 14.6 Å². The van der Waals surface area contributed by atoms with E-state index >= 15 is 0 Å². The van der Waals surface area contributed by atoms with Gasteiger partial charge in [0.05, 0.1) is 62.5 Å². The van der Waals surface area contributed by atoms with Crippen LogP contribution in [0, 0.1) is 0 Å². The van der Waals surface area contributed by atoms with E-state index in [1.807, 2.05) is 32.0 Å². The molecule has 59 heavy (non-hydrogen) atoms. The number of benzene rings is 2. The summed E-state index contributed by atoms with van der Waals surface area (Å²) in [5.74, 6) is 1.07. The number of rotatable bonds is 18. The van der Waals surface area contributed by atoms with Gasteiger partial charge in [0.25, 0.3) is 11.8 Å². The summed E-state index contributed by atoms with van der Waals surface area (Å²) in [4.78, 5) is 54.4. The fourth-order valence-electron chi connectivity index (χ4n) is 6.85. The lowest BCUT2D eigenvalue weighted by Gasteiger charge is -2.31. The lowest BCUT2D eigenvalue weighted by molar-refractivity contribution is 0.0491. The van der Waals surface area contributed by atoms with Gasteiger partial charge in [-0.05, 0) is 74.1 Å². The van der Waals surface area contributed by atoms with Crippen LogP contribution in [0.4, 0.5) is 16.2 Å². The summed E-state index contributed by atoms with van der Waals surface area (Å²) in [5, 5.41) is 12.4. The fourth-order valence-corrected chi connectivity index (χ4v) is 8.73. The number of aromatic nitrogens is 1. The SMILES string of the molecule is C=C(CC)CN1CC=Nc2cc(OCCCCCOc3cc4c(cc3OC)C(=O)N3CC(=C)C[C@H]3[C@H](O)N4C(=O)OC[C@@H](C)SSc3ccccn3)c(OC)cc2C1=O. The smallest absolute Gasteiger partial charge is 0.416 e. The van der Waals surface area contributed by atoms with Crippen LogP contribution in [0.5, 0.6) is 23.0 Å². The Morgan fingerprint density at radius 2 is 1.69 bits per heavy atom. The van der Waals surface area contributed by atoms with E-state index in [1.165, 1.54) is 40.7 Å². The maximum absolute atomic E-state index is 13.9. The van der Waals surface area contributed by atoms with Gasteiger partial charge >= 0.3 is 6.09 Å². The summed E-state index contributed by atoms with van der Waals surface area (Å²) in [6, 6.07) is 11.5. The van der Waals surface area contributed by atoms with Crippen molar-refractivity contribution >= 4 is 57.1 Å². The van der Waals surface area contributed by atoms with Crippen molar-refractivity contribution in [3.05, 3.63) is 84.1 Å². The molecule has 0 aliphatic carbocycles. The molecule has 0 radical (unpaired) electrons. The minimum Gasteiger partial charge on any atom is -0.493 e. The molecule has 3 aliphatic rings. The molecule has 6 rings (SSSR count). The van der Waals surface area contributed by atoms with Gasteiger partial charge in [-0.25, -0.2) is 14.7 Å². The summed E-state index contributed by atoms with van der Waals surface area (Å²) < 4.78 is 29.3. The van der Waals surface area contributed by atoms with Gasteiger partial charge < -0.3 is 38.6 Å². The van der Waals surface area contributed by atoms with Crippen LogP contribution >= 0.6 is 21.6 Å². The average Bonchev–Trinajstić information content (AvgIpc) is 3.55. The molecule has 0 spiro atoms. The van der Waals surface area contributed by atoms with E-state index in [1.54, 1.807) is 41.6 Å². The van der Waals surface area contributed by atoms with Gasteiger partial charge in [-0.2, -0.15) is 0 Å². The minimum atomic E-state index is -1.40. The zero-order valence-electron chi connectivity index (χ0n) is 33.9. The number of ether oxygens (including phenoxy) is 5. The Bertz CT molecular complexity index is 2070. The van der Waals surface area contributed by atoms with Crippen molar-refractivity contribution in [1.29, 1.82) is 0 Å². The highest BCUT2D eigenvalue weighted by Crippen LogP contribution is 2.42. The Labute approximate surface area is 353 Å². The molecule has 314 valence electrons. The van der Waals surface area contributed by atoms with E-state index in [0.29, 0.717) is 79.8 Å². The molecule has 3 atom stereocenters. The zero-order valence-corrected chi connectivity index (χ0v) is 35.5. The molecular formula is C43H51N5O9S2. The van der Waals surface area contributed by atoms with Crippen molar-refractivity contribution in [3.8, 4) is 23.0 Å². The predicted octanol–water partition coefficient (Wildman–Crippen LogP) is 7.73. The lowest BCUT2D eigenvalue weighted by atomic mass is 10.1. The molecule has 4 heterocycles. The van der Waals surface area contributed by atoms with E-state index < -0.39 is 18.4 Å². The van der Waals surface area contributed by atoms with Crippen LogP contribution in [0.1, 0.15) is 66.7 Å². The molecule has 3 amide bonds. The number of hydrogen-bond acceptors (Lipinski definition) is 13. The maximum Gasteiger partial charge on any atom is 0.416 e. The summed E-state index contributed by atoms with van der Waals surface area (Å²) in [5.41, 5.74) is 3.05. The van der Waals surface area contributed by atoms with Gasteiger partial charge in [-0.15, -0.1) is 0 Å². The van der Waals surface area contributed by atoms with Crippen molar-refractivity contribution in [3.63, 3.8) is 0 Å². The first kappa shape index (κ1) is 43.4. The van der Waals surface area contributed by atoms with E-state index in [4.69, 9.17) is 23.7 Å². The Balaban J connectivity index is 1.08. The van der Waals surface area contributed by atoms with Crippen LogP contribution in [0.2, 0.25) is 0 Å². The van der Waals surface area contributed by atoms with Crippen molar-refractivity contribution in [1.82, 2.24) is 14.8 Å². The number of methoxy groups -OCH3 is 2. The normalized spacial score (nSPS) is 17.7. The molecule has 1 aromatic heterocycles. The molecule has 2 aromatic carbocycles. The summed E-state index contributed by atoms with van der Waals surface area (Å²) in [7, 11) is 6.00. The number of nitrogens with zero attached hydrogens (tertiary/aromatic N) is 5. The molecule has 3 aromatic rings. The largest absolute Gasteiger partial charge is 0.493 e. The number of aliphatic hydroxyl groups is 1. The first-order chi connectivity index (χ1) is 28.5. The van der Waals surface area contributed by atoms with Crippen LogP contribution in [-0.2, 0) is 4.74 Å². The van der Waals surface area contributed by atoms with Crippen LogP contribution in [0.15, 0.2) is 83.0 Å². The second-order valence-electron chi connectivity index (χ2n) is 14.4. The Morgan fingerprint density at radius 3 is 2.37 bits per heavy atom. The third-order valence-corrected chi connectivity index (χ3v) is 12.8. The minimum absolute atomic E-state index is 0.0572. The monoisotopic (exact) mass is 845 g/mol. The third kappa shape index (κ3) is 10.3. The molecule has 1 N–H and O–H groups in total. The molecule has 14 nitrogen and oxygen atoms in total. The number of unbranched alkanes of at least 4 members (excludes halogenated alkanes) is 2. The van der Waals surface area contributed by atoms with Crippen molar-refractivity contribution in [2.24, 2.45) is 4.99 Å². The molecule has 0 saturated carbocycles. The average molecular weight is 846 g/mol. The third-order valence-electron chi connectivity index (χ3n) is 10.1. The summed E-state index contributed by atoms with van der Waals surface area (Å²) in [6.07, 6.45) is 4.47.